The molecule has 0 saturated carbocycles. The minimum absolute atomic E-state index is 0.318. The molecule has 0 unspecified atom stereocenters. The second kappa shape index (κ2) is 6.75. The van der Waals surface area contributed by atoms with Gasteiger partial charge in [0.25, 0.3) is 5.91 Å². The fourth-order valence-electron chi connectivity index (χ4n) is 1.45. The Kier molecular flexibility index (Phi) is 5.01. The molecular weight excluding hydrogens is 319 g/mol. The van der Waals surface area contributed by atoms with Gasteiger partial charge in [0.05, 0.1) is 16.3 Å². The molecule has 0 saturated heterocycles. The van der Waals surface area contributed by atoms with Crippen LogP contribution in [0, 0.1) is 0 Å². The highest BCUT2D eigenvalue weighted by Crippen LogP contribution is 2.22. The van der Waals surface area contributed by atoms with Gasteiger partial charge in [-0.1, -0.05) is 46.9 Å². The Morgan fingerprint density at radius 1 is 1.05 bits per heavy atom. The summed E-state index contributed by atoms with van der Waals surface area (Å²) in [6, 6.07) is 11.7. The molecule has 1 amide bonds. The van der Waals surface area contributed by atoms with Gasteiger partial charge in [-0.3, -0.25) is 4.79 Å². The van der Waals surface area contributed by atoms with Crippen LogP contribution >= 0.6 is 34.8 Å². The number of carbonyl (C=O) groups excluding carboxylic acids is 1. The summed E-state index contributed by atoms with van der Waals surface area (Å²) in [5.41, 5.74) is 3.56. The third-order valence-corrected chi connectivity index (χ3v) is 3.38. The van der Waals surface area contributed by atoms with Crippen molar-refractivity contribution in [1.82, 2.24) is 5.43 Å². The molecule has 0 aromatic heterocycles. The van der Waals surface area contributed by atoms with Crippen LogP contribution in [-0.2, 0) is 0 Å². The molecule has 2 aromatic rings. The molecular formula is C14H9Cl3N2O. The van der Waals surface area contributed by atoms with E-state index in [0.29, 0.717) is 20.6 Å². The van der Waals surface area contributed by atoms with Gasteiger partial charge in [-0.2, -0.15) is 5.10 Å². The molecule has 0 aliphatic rings. The highest BCUT2D eigenvalue weighted by atomic mass is 35.5. The topological polar surface area (TPSA) is 41.5 Å². The molecule has 0 atom stereocenters. The Hall–Kier alpha value is -1.55. The highest BCUT2D eigenvalue weighted by Gasteiger charge is 2.06. The highest BCUT2D eigenvalue weighted by molar-refractivity contribution is 6.42. The van der Waals surface area contributed by atoms with Gasteiger partial charge in [0.15, 0.2) is 0 Å². The van der Waals surface area contributed by atoms with E-state index in [4.69, 9.17) is 34.8 Å². The van der Waals surface area contributed by atoms with Crippen LogP contribution in [0.4, 0.5) is 0 Å². The molecule has 2 rings (SSSR count). The molecule has 102 valence electrons. The third kappa shape index (κ3) is 3.97. The molecule has 20 heavy (non-hydrogen) atoms. The quantitative estimate of drug-likeness (QED) is 0.658. The van der Waals surface area contributed by atoms with Crippen LogP contribution < -0.4 is 5.43 Å². The van der Waals surface area contributed by atoms with E-state index < -0.39 is 0 Å². The van der Waals surface area contributed by atoms with Gasteiger partial charge < -0.3 is 0 Å². The van der Waals surface area contributed by atoms with Crippen LogP contribution in [0.2, 0.25) is 15.1 Å². The number of hydrogen-bond acceptors (Lipinski definition) is 2. The fourth-order valence-corrected chi connectivity index (χ4v) is 1.95. The van der Waals surface area contributed by atoms with Gasteiger partial charge in [0, 0.05) is 10.6 Å². The fraction of sp³-hybridized carbons (Fsp3) is 0. The van der Waals surface area contributed by atoms with Gasteiger partial charge in [-0.05, 0) is 35.9 Å². The lowest BCUT2D eigenvalue weighted by atomic mass is 10.2. The monoisotopic (exact) mass is 326 g/mol. The number of carbonyl (C=O) groups is 1. The van der Waals surface area contributed by atoms with Crippen molar-refractivity contribution in [3.8, 4) is 0 Å². The predicted molar refractivity (Wildman–Crippen MR) is 83.0 cm³/mol. The van der Waals surface area contributed by atoms with E-state index >= 15 is 0 Å². The summed E-state index contributed by atoms with van der Waals surface area (Å²) >= 11 is 17.5. The Morgan fingerprint density at radius 3 is 2.55 bits per heavy atom. The summed E-state index contributed by atoms with van der Waals surface area (Å²) in [6.45, 7) is 0. The number of benzene rings is 2. The molecule has 3 nitrogen and oxygen atoms in total. The average molecular weight is 328 g/mol. The maximum absolute atomic E-state index is 11.8. The van der Waals surface area contributed by atoms with Gasteiger partial charge in [-0.25, -0.2) is 5.43 Å². The third-order valence-electron chi connectivity index (χ3n) is 2.41. The predicted octanol–water partition coefficient (Wildman–Crippen LogP) is 4.41. The molecule has 1 N–H and O–H groups in total. The van der Waals surface area contributed by atoms with E-state index in [-0.39, 0.29) is 5.91 Å². The van der Waals surface area contributed by atoms with Gasteiger partial charge >= 0.3 is 0 Å². The average Bonchev–Trinajstić information content (AvgIpc) is 2.42. The van der Waals surface area contributed by atoms with Crippen LogP contribution in [0.5, 0.6) is 0 Å². The SMILES string of the molecule is O=C(NN=Cc1cccc(Cl)c1)c1ccc(Cl)c(Cl)c1. The number of amides is 1. The number of hydrazone groups is 1. The van der Waals surface area contributed by atoms with Crippen molar-refractivity contribution in [2.24, 2.45) is 5.10 Å². The second-order valence-corrected chi connectivity index (χ2v) is 5.13. The number of rotatable bonds is 3. The van der Waals surface area contributed by atoms with E-state index in [1.165, 1.54) is 12.3 Å². The molecule has 2 aromatic carbocycles. The molecule has 0 bridgehead atoms. The maximum atomic E-state index is 11.8. The zero-order valence-electron chi connectivity index (χ0n) is 10.1. The minimum atomic E-state index is -0.373. The lowest BCUT2D eigenvalue weighted by molar-refractivity contribution is 0.0955. The molecule has 6 heteroatoms. The largest absolute Gasteiger partial charge is 0.271 e. The van der Waals surface area contributed by atoms with Crippen molar-refractivity contribution in [3.63, 3.8) is 0 Å². The Bertz CT molecular complexity index is 671. The zero-order valence-corrected chi connectivity index (χ0v) is 12.4. The van der Waals surface area contributed by atoms with E-state index in [1.807, 2.05) is 6.07 Å². The van der Waals surface area contributed by atoms with Gasteiger partial charge in [-0.15, -0.1) is 0 Å². The van der Waals surface area contributed by atoms with Crippen molar-refractivity contribution >= 4 is 46.9 Å². The second-order valence-electron chi connectivity index (χ2n) is 3.88. The first kappa shape index (κ1) is 14.9. The summed E-state index contributed by atoms with van der Waals surface area (Å²) in [7, 11) is 0. The van der Waals surface area contributed by atoms with Crippen molar-refractivity contribution < 1.29 is 4.79 Å². The van der Waals surface area contributed by atoms with Gasteiger partial charge in [0.1, 0.15) is 0 Å². The van der Waals surface area contributed by atoms with Gasteiger partial charge in [0.2, 0.25) is 0 Å². The summed E-state index contributed by atoms with van der Waals surface area (Å²) in [5.74, 6) is -0.373. The first-order valence-corrected chi connectivity index (χ1v) is 6.73. The van der Waals surface area contributed by atoms with Crippen molar-refractivity contribution in [2.75, 3.05) is 0 Å². The van der Waals surface area contributed by atoms with Crippen molar-refractivity contribution in [1.29, 1.82) is 0 Å². The van der Waals surface area contributed by atoms with Crippen LogP contribution in [0.3, 0.4) is 0 Å². The van der Waals surface area contributed by atoms with E-state index in [0.717, 1.165) is 5.56 Å². The standard InChI is InChI=1S/C14H9Cl3N2O/c15-11-3-1-2-9(6-11)8-18-19-14(20)10-4-5-12(16)13(17)7-10/h1-8H,(H,19,20). The first-order valence-electron chi connectivity index (χ1n) is 5.60. The van der Waals surface area contributed by atoms with Crippen LogP contribution in [0.15, 0.2) is 47.6 Å². The number of nitrogens with zero attached hydrogens (tertiary/aromatic N) is 1. The number of hydrogen-bond donors (Lipinski definition) is 1. The van der Waals surface area contributed by atoms with E-state index in [9.17, 15) is 4.79 Å². The number of halogens is 3. The molecule has 0 spiro atoms. The zero-order chi connectivity index (χ0) is 14.5. The van der Waals surface area contributed by atoms with Crippen molar-refractivity contribution in [3.05, 3.63) is 68.7 Å². The molecule has 0 radical (unpaired) electrons. The van der Waals surface area contributed by atoms with Crippen LogP contribution in [-0.4, -0.2) is 12.1 Å². The number of nitrogens with one attached hydrogen (secondary N) is 1. The Balaban J connectivity index is 2.03. The smallest absolute Gasteiger partial charge is 0.267 e. The molecule has 0 fully saturated rings. The Labute approximate surface area is 131 Å². The van der Waals surface area contributed by atoms with Crippen LogP contribution in [0.1, 0.15) is 15.9 Å². The molecule has 0 heterocycles. The first-order chi connectivity index (χ1) is 9.56. The van der Waals surface area contributed by atoms with Crippen molar-refractivity contribution in [2.45, 2.75) is 0 Å². The maximum Gasteiger partial charge on any atom is 0.271 e. The lowest BCUT2D eigenvalue weighted by Crippen LogP contribution is -2.17. The summed E-state index contributed by atoms with van der Waals surface area (Å²) in [6.07, 6.45) is 1.50. The molecule has 0 aliphatic heterocycles. The summed E-state index contributed by atoms with van der Waals surface area (Å²) < 4.78 is 0. The normalized spacial score (nSPS) is 10.8. The summed E-state index contributed by atoms with van der Waals surface area (Å²) in [4.78, 5) is 11.8. The summed E-state index contributed by atoms with van der Waals surface area (Å²) in [5, 5.41) is 5.17. The lowest BCUT2D eigenvalue weighted by Gasteiger charge is -2.01. The Morgan fingerprint density at radius 2 is 1.85 bits per heavy atom. The molecule has 0 aliphatic carbocycles. The minimum Gasteiger partial charge on any atom is -0.267 e. The van der Waals surface area contributed by atoms with E-state index in [1.54, 1.807) is 30.3 Å². The van der Waals surface area contributed by atoms with E-state index in [2.05, 4.69) is 10.5 Å². The van der Waals surface area contributed by atoms with Crippen LogP contribution in [0.25, 0.3) is 0 Å².